The van der Waals surface area contributed by atoms with Gasteiger partial charge >= 0.3 is 6.03 Å². The second kappa shape index (κ2) is 11.2. The van der Waals surface area contributed by atoms with Crippen LogP contribution >= 0.6 is 0 Å². The quantitative estimate of drug-likeness (QED) is 0.253. The van der Waals surface area contributed by atoms with Gasteiger partial charge in [-0.2, -0.15) is 4.98 Å². The van der Waals surface area contributed by atoms with E-state index in [2.05, 4.69) is 25.6 Å². The summed E-state index contributed by atoms with van der Waals surface area (Å²) >= 11 is 0. The second-order valence-corrected chi connectivity index (χ2v) is 9.93. The van der Waals surface area contributed by atoms with Gasteiger partial charge in [0.15, 0.2) is 17.5 Å². The second-order valence-electron chi connectivity index (χ2n) is 9.93. The van der Waals surface area contributed by atoms with E-state index in [0.717, 1.165) is 25.3 Å². The third kappa shape index (κ3) is 5.92. The summed E-state index contributed by atoms with van der Waals surface area (Å²) in [6.45, 7) is 4.40. The summed E-state index contributed by atoms with van der Waals surface area (Å²) in [5, 5.41) is 5.77. The van der Waals surface area contributed by atoms with Crippen molar-refractivity contribution in [3.05, 3.63) is 66.1 Å². The zero-order valence-electron chi connectivity index (χ0n) is 21.7. The molecule has 3 heterocycles. The van der Waals surface area contributed by atoms with Crippen LogP contribution in [0.2, 0.25) is 0 Å². The lowest BCUT2D eigenvalue weighted by Gasteiger charge is -2.34. The Morgan fingerprint density at radius 1 is 1.21 bits per heavy atom. The fourth-order valence-electron chi connectivity index (χ4n) is 4.81. The third-order valence-corrected chi connectivity index (χ3v) is 7.01. The molecule has 0 aliphatic carbocycles. The maximum absolute atomic E-state index is 14.2. The molecule has 0 saturated carbocycles. The number of benzene rings is 2. The molecule has 4 aromatic rings. The lowest BCUT2D eigenvalue weighted by molar-refractivity contribution is -0.120. The number of aromatic amines is 1. The highest BCUT2D eigenvalue weighted by molar-refractivity contribution is 5.91. The Morgan fingerprint density at radius 2 is 2.03 bits per heavy atom. The van der Waals surface area contributed by atoms with Crippen molar-refractivity contribution in [1.29, 1.82) is 0 Å². The topological polar surface area (TPSA) is 116 Å². The molecule has 2 aromatic heterocycles. The lowest BCUT2D eigenvalue weighted by Crippen LogP contribution is -2.54. The first kappa shape index (κ1) is 26.3. The number of para-hydroxylation sites is 2. The number of nitrogens with zero attached hydrogens (tertiary/aromatic N) is 3. The molecule has 1 aliphatic heterocycles. The number of amides is 2. The molecule has 3 N–H and O–H groups in total. The van der Waals surface area contributed by atoms with E-state index in [4.69, 9.17) is 4.42 Å². The van der Waals surface area contributed by atoms with Gasteiger partial charge in [-0.25, -0.2) is 18.6 Å². The first-order chi connectivity index (χ1) is 18.8. The van der Waals surface area contributed by atoms with E-state index in [9.17, 15) is 18.4 Å². The van der Waals surface area contributed by atoms with Gasteiger partial charge in [0.25, 0.3) is 6.01 Å². The lowest BCUT2D eigenvalue weighted by atomic mass is 10.0. The van der Waals surface area contributed by atoms with Crippen molar-refractivity contribution in [1.82, 2.24) is 25.2 Å². The number of imidazole rings is 1. The number of oxazole rings is 1. The van der Waals surface area contributed by atoms with Crippen LogP contribution in [0.5, 0.6) is 0 Å². The molecule has 0 bridgehead atoms. The minimum absolute atomic E-state index is 0.00653. The molecule has 9 nitrogen and oxygen atoms in total. The van der Waals surface area contributed by atoms with Gasteiger partial charge in [-0.15, -0.1) is 0 Å². The highest BCUT2D eigenvalue weighted by Gasteiger charge is 2.30. The van der Waals surface area contributed by atoms with Crippen LogP contribution in [0.1, 0.15) is 51.3 Å². The minimum atomic E-state index is -1.11. The van der Waals surface area contributed by atoms with Crippen molar-refractivity contribution in [3.8, 4) is 11.3 Å². The standard InChI is InChI=1S/C28H30F2N6O3/c1-16(25-31-15-22(32-25)19-11-10-18(29)14-20(19)30)13-23(37)26(35-28(38)36-12-6-5-7-17(36)2)34-27-33-21-8-3-4-9-24(21)39-27/h3-4,8-11,14-17,26H,5-7,12-13H2,1-2H3,(H,31,32)(H,33,34)(H,35,38)/t16-,17+,26+/m1/s1. The Hall–Kier alpha value is -4.28. The Balaban J connectivity index is 1.33. The van der Waals surface area contributed by atoms with Crippen LogP contribution in [0.4, 0.5) is 19.6 Å². The maximum atomic E-state index is 14.2. The van der Waals surface area contributed by atoms with Gasteiger partial charge in [0, 0.05) is 36.6 Å². The Bertz CT molecular complexity index is 1450. The number of halogens is 2. The smallest absolute Gasteiger partial charge is 0.319 e. The summed E-state index contributed by atoms with van der Waals surface area (Å²) in [7, 11) is 0. The van der Waals surface area contributed by atoms with E-state index >= 15 is 0 Å². The van der Waals surface area contributed by atoms with Crippen LogP contribution < -0.4 is 10.6 Å². The molecular weight excluding hydrogens is 506 g/mol. The number of carbonyl (C=O) groups excluding carboxylic acids is 2. The van der Waals surface area contributed by atoms with E-state index in [1.165, 1.54) is 18.3 Å². The van der Waals surface area contributed by atoms with Gasteiger partial charge in [0.1, 0.15) is 23.0 Å². The van der Waals surface area contributed by atoms with Gasteiger partial charge in [0.05, 0.1) is 11.9 Å². The summed E-state index contributed by atoms with van der Waals surface area (Å²) in [6, 6.07) is 10.3. The molecule has 0 spiro atoms. The van der Waals surface area contributed by atoms with E-state index < -0.39 is 23.7 Å². The highest BCUT2D eigenvalue weighted by atomic mass is 19.1. The van der Waals surface area contributed by atoms with Crippen molar-refractivity contribution in [2.75, 3.05) is 11.9 Å². The normalized spacial score (nSPS) is 17.1. The molecule has 0 unspecified atom stereocenters. The predicted octanol–water partition coefficient (Wildman–Crippen LogP) is 5.58. The van der Waals surface area contributed by atoms with Gasteiger partial charge in [-0.1, -0.05) is 19.1 Å². The number of rotatable bonds is 8. The number of carbonyl (C=O) groups is 2. The number of nitrogens with one attached hydrogen (secondary N) is 3. The van der Waals surface area contributed by atoms with Crippen LogP contribution in [-0.2, 0) is 4.79 Å². The van der Waals surface area contributed by atoms with Crippen molar-refractivity contribution in [2.45, 2.75) is 57.7 Å². The Labute approximate surface area is 224 Å². The van der Waals surface area contributed by atoms with Crippen LogP contribution in [0.25, 0.3) is 22.4 Å². The molecule has 204 valence electrons. The number of Topliss-reactive ketones (excluding diaryl/α,β-unsaturated/α-hetero) is 1. The number of hydrogen-bond donors (Lipinski definition) is 3. The largest absolute Gasteiger partial charge is 0.424 e. The van der Waals surface area contributed by atoms with Crippen molar-refractivity contribution in [2.24, 2.45) is 0 Å². The van der Waals surface area contributed by atoms with Gasteiger partial charge in [-0.3, -0.25) is 4.79 Å². The summed E-state index contributed by atoms with van der Waals surface area (Å²) in [6.07, 6.45) is 3.20. The fraction of sp³-hybridized carbons (Fsp3) is 0.357. The molecule has 1 fully saturated rings. The zero-order valence-corrected chi connectivity index (χ0v) is 21.7. The molecule has 1 saturated heterocycles. The highest BCUT2D eigenvalue weighted by Crippen LogP contribution is 2.26. The molecule has 5 rings (SSSR count). The monoisotopic (exact) mass is 536 g/mol. The number of H-pyrrole nitrogens is 1. The van der Waals surface area contributed by atoms with Gasteiger partial charge in [0.2, 0.25) is 0 Å². The van der Waals surface area contributed by atoms with E-state index in [1.54, 1.807) is 24.0 Å². The third-order valence-electron chi connectivity index (χ3n) is 7.01. The number of piperidine rings is 1. The average molecular weight is 537 g/mol. The number of hydrogen-bond acceptors (Lipinski definition) is 6. The van der Waals surface area contributed by atoms with Gasteiger partial charge < -0.3 is 24.9 Å². The van der Waals surface area contributed by atoms with Crippen LogP contribution in [0.15, 0.2) is 53.1 Å². The molecule has 2 amide bonds. The van der Waals surface area contributed by atoms with Crippen LogP contribution in [-0.4, -0.2) is 50.4 Å². The molecule has 2 aromatic carbocycles. The number of aromatic nitrogens is 3. The van der Waals surface area contributed by atoms with Gasteiger partial charge in [-0.05, 0) is 50.5 Å². The number of urea groups is 1. The summed E-state index contributed by atoms with van der Waals surface area (Å²) in [5.74, 6) is -1.64. The van der Waals surface area contributed by atoms with Crippen LogP contribution in [0.3, 0.4) is 0 Å². The fourth-order valence-corrected chi connectivity index (χ4v) is 4.81. The Morgan fingerprint density at radius 3 is 2.79 bits per heavy atom. The number of ketones is 1. The summed E-state index contributed by atoms with van der Waals surface area (Å²) < 4.78 is 33.3. The molecule has 39 heavy (non-hydrogen) atoms. The van der Waals surface area contributed by atoms with E-state index in [-0.39, 0.29) is 35.9 Å². The Kier molecular flexibility index (Phi) is 7.58. The van der Waals surface area contributed by atoms with Crippen molar-refractivity contribution in [3.63, 3.8) is 0 Å². The molecule has 3 atom stereocenters. The van der Waals surface area contributed by atoms with E-state index in [0.29, 0.717) is 29.2 Å². The van der Waals surface area contributed by atoms with Crippen molar-refractivity contribution >= 4 is 28.9 Å². The number of anilines is 1. The molecule has 0 radical (unpaired) electrons. The molecule has 1 aliphatic rings. The minimum Gasteiger partial charge on any atom is -0.424 e. The average Bonchev–Trinajstić information content (AvgIpc) is 3.55. The summed E-state index contributed by atoms with van der Waals surface area (Å²) in [4.78, 5) is 40.1. The molecular formula is C28H30F2N6O3. The summed E-state index contributed by atoms with van der Waals surface area (Å²) in [5.41, 5.74) is 1.71. The SMILES string of the molecule is C[C@H](CC(=O)[C@H](NC(=O)N1CCCC[C@@H]1C)Nc1nc2ccccc2o1)c1ncc(-c2ccc(F)cc2F)[nH]1. The zero-order chi connectivity index (χ0) is 27.5. The first-order valence-corrected chi connectivity index (χ1v) is 13.0. The molecule has 11 heteroatoms. The first-order valence-electron chi connectivity index (χ1n) is 13.0. The number of likely N-dealkylation sites (tertiary alicyclic amines) is 1. The predicted molar refractivity (Wildman–Crippen MR) is 142 cm³/mol. The van der Waals surface area contributed by atoms with E-state index in [1.807, 2.05) is 19.1 Å². The van der Waals surface area contributed by atoms with Crippen LogP contribution in [0, 0.1) is 11.6 Å². The van der Waals surface area contributed by atoms with Crippen molar-refractivity contribution < 1.29 is 22.8 Å². The maximum Gasteiger partial charge on any atom is 0.319 e. The number of fused-ring (bicyclic) bond motifs is 1.